The second-order valence-corrected chi connectivity index (χ2v) is 5.25. The molecule has 0 aliphatic carbocycles. The molecule has 0 aliphatic heterocycles. The number of rotatable bonds is 4. The number of hydrogen-bond donors (Lipinski definition) is 2. The quantitative estimate of drug-likeness (QED) is 0.497. The molecule has 2 aromatic rings. The van der Waals surface area contributed by atoms with Crippen molar-refractivity contribution >= 4 is 23.1 Å². The molecule has 2 nitrogen and oxygen atoms in total. The molecule has 0 fully saturated rings. The first-order chi connectivity index (χ1) is 7.85. The van der Waals surface area contributed by atoms with Gasteiger partial charge in [0, 0.05) is 9.77 Å². The van der Waals surface area contributed by atoms with Gasteiger partial charge in [0.05, 0.1) is 6.04 Å². The van der Waals surface area contributed by atoms with Gasteiger partial charge < -0.3 is 0 Å². The Balaban J connectivity index is 2.27. The summed E-state index contributed by atoms with van der Waals surface area (Å²) in [6, 6.07) is 12.7. The van der Waals surface area contributed by atoms with Gasteiger partial charge in [-0.3, -0.25) is 5.84 Å². The molecular formula is C12H14N2S2. The third-order valence-electron chi connectivity index (χ3n) is 2.44. The van der Waals surface area contributed by atoms with Crippen molar-refractivity contribution in [3.63, 3.8) is 0 Å². The molecule has 1 atom stereocenters. The second-order valence-electron chi connectivity index (χ2n) is 3.39. The van der Waals surface area contributed by atoms with Crippen LogP contribution >= 0.6 is 23.1 Å². The highest BCUT2D eigenvalue weighted by atomic mass is 32.2. The van der Waals surface area contributed by atoms with E-state index in [4.69, 9.17) is 5.84 Å². The van der Waals surface area contributed by atoms with Gasteiger partial charge in [0.1, 0.15) is 0 Å². The fraction of sp³-hybridized carbons (Fsp3) is 0.167. The minimum absolute atomic E-state index is 0.0934. The van der Waals surface area contributed by atoms with Crippen molar-refractivity contribution in [2.75, 3.05) is 6.26 Å². The van der Waals surface area contributed by atoms with E-state index in [1.165, 1.54) is 15.3 Å². The average Bonchev–Trinajstić information content (AvgIpc) is 2.85. The zero-order valence-corrected chi connectivity index (χ0v) is 10.6. The third-order valence-corrected chi connectivity index (χ3v) is 4.12. The Labute approximate surface area is 104 Å². The van der Waals surface area contributed by atoms with E-state index in [-0.39, 0.29) is 6.04 Å². The van der Waals surface area contributed by atoms with Gasteiger partial charge in [0.25, 0.3) is 0 Å². The molecule has 1 aromatic carbocycles. The Bertz CT molecular complexity index is 423. The van der Waals surface area contributed by atoms with Crippen LogP contribution < -0.4 is 11.3 Å². The van der Waals surface area contributed by atoms with Crippen LogP contribution in [0.25, 0.3) is 0 Å². The van der Waals surface area contributed by atoms with Gasteiger partial charge in [-0.05, 0) is 35.4 Å². The largest absolute Gasteiger partial charge is 0.271 e. The Kier molecular flexibility index (Phi) is 4.01. The number of thioether (sulfide) groups is 1. The zero-order chi connectivity index (χ0) is 11.4. The number of nitrogens with two attached hydrogens (primary N) is 1. The summed E-state index contributed by atoms with van der Waals surface area (Å²) in [4.78, 5) is 2.50. The van der Waals surface area contributed by atoms with Gasteiger partial charge in [0.15, 0.2) is 0 Å². The summed E-state index contributed by atoms with van der Waals surface area (Å²) in [6.45, 7) is 0. The molecular weight excluding hydrogens is 236 g/mol. The number of hydrogen-bond acceptors (Lipinski definition) is 4. The Hall–Kier alpha value is -0.810. The van der Waals surface area contributed by atoms with Gasteiger partial charge in [-0.25, -0.2) is 5.43 Å². The lowest BCUT2D eigenvalue weighted by atomic mass is 10.1. The Morgan fingerprint density at radius 3 is 2.50 bits per heavy atom. The van der Waals surface area contributed by atoms with Crippen LogP contribution in [0.3, 0.4) is 0 Å². The summed E-state index contributed by atoms with van der Waals surface area (Å²) < 4.78 is 0. The predicted molar refractivity (Wildman–Crippen MR) is 71.7 cm³/mol. The molecule has 0 radical (unpaired) electrons. The molecule has 0 amide bonds. The van der Waals surface area contributed by atoms with Gasteiger partial charge in [-0.2, -0.15) is 0 Å². The molecule has 84 valence electrons. The minimum Gasteiger partial charge on any atom is -0.271 e. The highest BCUT2D eigenvalue weighted by molar-refractivity contribution is 7.98. The van der Waals surface area contributed by atoms with E-state index in [1.54, 1.807) is 23.1 Å². The van der Waals surface area contributed by atoms with Crippen molar-refractivity contribution in [1.82, 2.24) is 5.43 Å². The van der Waals surface area contributed by atoms with Crippen LogP contribution in [0.2, 0.25) is 0 Å². The standard InChI is InChI=1S/C12H14N2S2/c1-15-10-6-4-9(5-7-10)12(14-13)11-3-2-8-16-11/h2-8,12,14H,13H2,1H3. The minimum atomic E-state index is 0.0934. The molecule has 3 N–H and O–H groups in total. The lowest BCUT2D eigenvalue weighted by Gasteiger charge is -2.14. The summed E-state index contributed by atoms with van der Waals surface area (Å²) in [7, 11) is 0. The molecule has 1 heterocycles. The molecule has 2 rings (SSSR count). The van der Waals surface area contributed by atoms with Crippen LogP contribution in [0.1, 0.15) is 16.5 Å². The predicted octanol–water partition coefficient (Wildman–Crippen LogP) is 3.02. The van der Waals surface area contributed by atoms with Gasteiger partial charge in [-0.1, -0.05) is 18.2 Å². The van der Waals surface area contributed by atoms with Crippen LogP contribution in [0.4, 0.5) is 0 Å². The first-order valence-corrected chi connectivity index (χ1v) is 7.09. The van der Waals surface area contributed by atoms with Crippen molar-refractivity contribution in [1.29, 1.82) is 0 Å². The molecule has 1 aromatic heterocycles. The second kappa shape index (κ2) is 5.50. The highest BCUT2D eigenvalue weighted by Crippen LogP contribution is 2.26. The van der Waals surface area contributed by atoms with Crippen LogP contribution in [-0.4, -0.2) is 6.26 Å². The first-order valence-electron chi connectivity index (χ1n) is 4.98. The normalized spacial score (nSPS) is 12.6. The van der Waals surface area contributed by atoms with Crippen LogP contribution in [0, 0.1) is 0 Å². The van der Waals surface area contributed by atoms with Crippen LogP contribution in [-0.2, 0) is 0 Å². The topological polar surface area (TPSA) is 38.0 Å². The number of hydrazine groups is 1. The fourth-order valence-corrected chi connectivity index (χ4v) is 2.81. The fourth-order valence-electron chi connectivity index (χ4n) is 1.59. The van der Waals surface area contributed by atoms with E-state index in [0.29, 0.717) is 0 Å². The van der Waals surface area contributed by atoms with E-state index < -0.39 is 0 Å². The maximum atomic E-state index is 5.62. The van der Waals surface area contributed by atoms with Crippen LogP contribution in [0.15, 0.2) is 46.7 Å². The summed E-state index contributed by atoms with van der Waals surface area (Å²) >= 11 is 3.46. The average molecular weight is 250 g/mol. The van der Waals surface area contributed by atoms with E-state index in [9.17, 15) is 0 Å². The van der Waals surface area contributed by atoms with E-state index in [2.05, 4.69) is 47.4 Å². The monoisotopic (exact) mass is 250 g/mol. The summed E-state index contributed by atoms with van der Waals surface area (Å²) in [5, 5.41) is 2.07. The molecule has 0 aliphatic rings. The molecule has 16 heavy (non-hydrogen) atoms. The molecule has 0 spiro atoms. The van der Waals surface area contributed by atoms with Crippen LogP contribution in [0.5, 0.6) is 0 Å². The van der Waals surface area contributed by atoms with Crippen molar-refractivity contribution in [3.8, 4) is 0 Å². The SMILES string of the molecule is CSc1ccc(C(NN)c2cccs2)cc1. The molecule has 0 bridgehead atoms. The molecule has 0 saturated heterocycles. The number of nitrogens with one attached hydrogen (secondary N) is 1. The van der Waals surface area contributed by atoms with Crippen molar-refractivity contribution < 1.29 is 0 Å². The lowest BCUT2D eigenvalue weighted by Crippen LogP contribution is -2.28. The van der Waals surface area contributed by atoms with Gasteiger partial charge in [-0.15, -0.1) is 23.1 Å². The molecule has 1 unspecified atom stereocenters. The maximum Gasteiger partial charge on any atom is 0.0802 e. The summed E-state index contributed by atoms with van der Waals surface area (Å²) in [5.41, 5.74) is 4.06. The van der Waals surface area contributed by atoms with Gasteiger partial charge in [0.2, 0.25) is 0 Å². The first kappa shape index (κ1) is 11.7. The van der Waals surface area contributed by atoms with Crippen molar-refractivity contribution in [2.45, 2.75) is 10.9 Å². The lowest BCUT2D eigenvalue weighted by molar-refractivity contribution is 0.646. The summed E-state index contributed by atoms with van der Waals surface area (Å²) in [6.07, 6.45) is 2.08. The van der Waals surface area contributed by atoms with E-state index >= 15 is 0 Å². The summed E-state index contributed by atoms with van der Waals surface area (Å²) in [5.74, 6) is 5.62. The van der Waals surface area contributed by atoms with Crippen molar-refractivity contribution in [2.24, 2.45) is 5.84 Å². The maximum absolute atomic E-state index is 5.62. The number of benzene rings is 1. The van der Waals surface area contributed by atoms with E-state index in [1.807, 2.05) is 6.07 Å². The Morgan fingerprint density at radius 1 is 1.25 bits per heavy atom. The van der Waals surface area contributed by atoms with Crippen molar-refractivity contribution in [3.05, 3.63) is 52.2 Å². The molecule has 4 heteroatoms. The van der Waals surface area contributed by atoms with Gasteiger partial charge >= 0.3 is 0 Å². The Morgan fingerprint density at radius 2 is 2.00 bits per heavy atom. The third kappa shape index (κ3) is 2.47. The number of thiophene rings is 1. The molecule has 0 saturated carbocycles. The zero-order valence-electron chi connectivity index (χ0n) is 9.01. The van der Waals surface area contributed by atoms with E-state index in [0.717, 1.165) is 0 Å². The highest BCUT2D eigenvalue weighted by Gasteiger charge is 2.12. The smallest absolute Gasteiger partial charge is 0.0802 e.